The fraction of sp³-hybridized carbons (Fsp3) is 0.300. The Kier molecular flexibility index (Phi) is 9.49. The molecule has 0 heterocycles. The number of ether oxygens (including phenoxy) is 1. The zero-order valence-corrected chi connectivity index (χ0v) is 15.1. The van der Waals surface area contributed by atoms with Crippen LogP contribution in [0.3, 0.4) is 0 Å². The van der Waals surface area contributed by atoms with Crippen molar-refractivity contribution in [3.05, 3.63) is 65.2 Å². The van der Waals surface area contributed by atoms with Gasteiger partial charge in [0.25, 0.3) is 0 Å². The molecule has 0 atom stereocenters. The Morgan fingerprint density at radius 1 is 0.885 bits per heavy atom. The second-order valence-corrected chi connectivity index (χ2v) is 5.56. The molecule has 0 bridgehead atoms. The maximum Gasteiger partial charge on any atom is 0.414 e. The van der Waals surface area contributed by atoms with E-state index in [0.29, 0.717) is 0 Å². The number of carboxylic acids is 2. The molecule has 26 heavy (non-hydrogen) atoms. The Bertz CT molecular complexity index is 619. The zero-order chi connectivity index (χ0) is 19.4. The molecule has 6 nitrogen and oxygen atoms in total. The highest BCUT2D eigenvalue weighted by Gasteiger charge is 2.04. The molecule has 2 aromatic carbocycles. The van der Waals surface area contributed by atoms with Crippen LogP contribution in [0.15, 0.2) is 48.5 Å². The normalized spacial score (nSPS) is 9.77. The van der Waals surface area contributed by atoms with Gasteiger partial charge in [-0.15, -0.1) is 0 Å². The van der Waals surface area contributed by atoms with E-state index >= 15 is 0 Å². The number of rotatable bonds is 7. The maximum absolute atomic E-state index is 9.10. The van der Waals surface area contributed by atoms with Crippen LogP contribution in [-0.2, 0) is 29.0 Å². The summed E-state index contributed by atoms with van der Waals surface area (Å²) < 4.78 is 5.16. The van der Waals surface area contributed by atoms with Gasteiger partial charge in [-0.2, -0.15) is 0 Å². The average molecular weight is 359 g/mol. The molecule has 0 unspecified atom stereocenters. The summed E-state index contributed by atoms with van der Waals surface area (Å²) in [5.74, 6) is -2.73. The van der Waals surface area contributed by atoms with Gasteiger partial charge in [-0.05, 0) is 48.2 Å². The lowest BCUT2D eigenvalue weighted by molar-refractivity contribution is -0.159. The summed E-state index contributed by atoms with van der Waals surface area (Å²) in [5, 5.41) is 18.3. The standard InChI is InChI=1S/C18H23NO.C2H2O4/c1-3-15-4-6-17(7-5-15)14-19-13-12-16-8-10-18(20-2)11-9-16;3-1(4)2(5)6/h4-11,19H,3,12-14H2,1-2H3;(H,3,4)(H,5,6). The van der Waals surface area contributed by atoms with Gasteiger partial charge >= 0.3 is 11.9 Å². The molecular formula is C20H25NO5. The minimum atomic E-state index is -1.82. The molecule has 0 radical (unpaired) electrons. The maximum atomic E-state index is 9.10. The summed E-state index contributed by atoms with van der Waals surface area (Å²) in [6.45, 7) is 4.10. The van der Waals surface area contributed by atoms with Crippen molar-refractivity contribution in [2.24, 2.45) is 0 Å². The minimum absolute atomic E-state index is 0.915. The number of hydrogen-bond donors (Lipinski definition) is 3. The van der Waals surface area contributed by atoms with E-state index in [-0.39, 0.29) is 0 Å². The topological polar surface area (TPSA) is 95.9 Å². The van der Waals surface area contributed by atoms with Crippen LogP contribution < -0.4 is 10.1 Å². The van der Waals surface area contributed by atoms with Crippen LogP contribution in [0.1, 0.15) is 23.6 Å². The monoisotopic (exact) mass is 359 g/mol. The second-order valence-electron chi connectivity index (χ2n) is 5.56. The third-order valence-electron chi connectivity index (χ3n) is 3.69. The minimum Gasteiger partial charge on any atom is -0.497 e. The Hall–Kier alpha value is -2.86. The van der Waals surface area contributed by atoms with Crippen molar-refractivity contribution in [1.82, 2.24) is 5.32 Å². The Morgan fingerprint density at radius 2 is 1.38 bits per heavy atom. The summed E-state index contributed by atoms with van der Waals surface area (Å²) in [6, 6.07) is 17.1. The summed E-state index contributed by atoms with van der Waals surface area (Å²) >= 11 is 0. The number of aryl methyl sites for hydroxylation is 1. The summed E-state index contributed by atoms with van der Waals surface area (Å²) in [4.78, 5) is 18.2. The first-order valence-electron chi connectivity index (χ1n) is 8.34. The van der Waals surface area contributed by atoms with Gasteiger partial charge < -0.3 is 20.3 Å². The predicted molar refractivity (Wildman–Crippen MR) is 99.5 cm³/mol. The lowest BCUT2D eigenvalue weighted by Crippen LogP contribution is -2.16. The number of nitrogens with one attached hydrogen (secondary N) is 1. The molecular weight excluding hydrogens is 334 g/mol. The van der Waals surface area contributed by atoms with Gasteiger partial charge in [-0.1, -0.05) is 43.3 Å². The van der Waals surface area contributed by atoms with Gasteiger partial charge in [-0.3, -0.25) is 0 Å². The molecule has 2 rings (SSSR count). The van der Waals surface area contributed by atoms with Gasteiger partial charge in [-0.25, -0.2) is 9.59 Å². The quantitative estimate of drug-likeness (QED) is 0.520. The molecule has 0 saturated carbocycles. The number of benzene rings is 2. The van der Waals surface area contributed by atoms with Crippen LogP contribution in [0.2, 0.25) is 0 Å². The molecule has 0 aliphatic heterocycles. The molecule has 0 saturated heterocycles. The van der Waals surface area contributed by atoms with E-state index in [1.165, 1.54) is 16.7 Å². The number of aliphatic carboxylic acids is 2. The third kappa shape index (κ3) is 8.30. The Balaban J connectivity index is 0.000000487. The highest BCUT2D eigenvalue weighted by molar-refractivity contribution is 6.27. The number of carbonyl (C=O) groups is 2. The summed E-state index contributed by atoms with van der Waals surface area (Å²) in [5.41, 5.74) is 4.07. The second kappa shape index (κ2) is 11.7. The first kappa shape index (κ1) is 21.2. The fourth-order valence-corrected chi connectivity index (χ4v) is 2.15. The molecule has 6 heteroatoms. The van der Waals surface area contributed by atoms with Crippen molar-refractivity contribution in [3.8, 4) is 5.75 Å². The van der Waals surface area contributed by atoms with E-state index in [0.717, 1.165) is 31.7 Å². The molecule has 0 aliphatic rings. The van der Waals surface area contributed by atoms with E-state index in [2.05, 4.69) is 48.6 Å². The van der Waals surface area contributed by atoms with E-state index in [1.54, 1.807) is 7.11 Å². The van der Waals surface area contributed by atoms with Crippen LogP contribution in [0.25, 0.3) is 0 Å². The molecule has 0 amide bonds. The zero-order valence-electron chi connectivity index (χ0n) is 15.1. The number of methoxy groups -OCH3 is 1. The molecule has 0 fully saturated rings. The number of hydrogen-bond acceptors (Lipinski definition) is 4. The van der Waals surface area contributed by atoms with Crippen molar-refractivity contribution in [1.29, 1.82) is 0 Å². The molecule has 140 valence electrons. The van der Waals surface area contributed by atoms with E-state index < -0.39 is 11.9 Å². The van der Waals surface area contributed by atoms with Crippen LogP contribution in [0.5, 0.6) is 5.75 Å². The molecule has 0 aromatic heterocycles. The van der Waals surface area contributed by atoms with Gasteiger partial charge in [0, 0.05) is 6.54 Å². The van der Waals surface area contributed by atoms with Gasteiger partial charge in [0.05, 0.1) is 7.11 Å². The fourth-order valence-electron chi connectivity index (χ4n) is 2.15. The summed E-state index contributed by atoms with van der Waals surface area (Å²) in [6.07, 6.45) is 2.14. The molecule has 0 spiro atoms. The van der Waals surface area contributed by atoms with E-state index in [1.807, 2.05) is 12.1 Å². The first-order valence-corrected chi connectivity index (χ1v) is 8.34. The van der Waals surface area contributed by atoms with Crippen LogP contribution in [0.4, 0.5) is 0 Å². The SMILES string of the molecule is CCc1ccc(CNCCc2ccc(OC)cc2)cc1.O=C(O)C(=O)O. The molecule has 3 N–H and O–H groups in total. The van der Waals surface area contributed by atoms with Crippen LogP contribution >= 0.6 is 0 Å². The number of carboxylic acid groups (broad SMARTS) is 2. The molecule has 2 aromatic rings. The van der Waals surface area contributed by atoms with Crippen LogP contribution in [0, 0.1) is 0 Å². The predicted octanol–water partition coefficient (Wildman–Crippen LogP) is 2.75. The smallest absolute Gasteiger partial charge is 0.414 e. The van der Waals surface area contributed by atoms with Crippen molar-refractivity contribution in [2.45, 2.75) is 26.3 Å². The highest BCUT2D eigenvalue weighted by atomic mass is 16.5. The van der Waals surface area contributed by atoms with E-state index in [4.69, 9.17) is 24.5 Å². The van der Waals surface area contributed by atoms with Gasteiger partial charge in [0.2, 0.25) is 0 Å². The largest absolute Gasteiger partial charge is 0.497 e. The Morgan fingerprint density at radius 3 is 1.85 bits per heavy atom. The highest BCUT2D eigenvalue weighted by Crippen LogP contribution is 2.11. The lowest BCUT2D eigenvalue weighted by atomic mass is 10.1. The van der Waals surface area contributed by atoms with E-state index in [9.17, 15) is 0 Å². The average Bonchev–Trinajstić information content (AvgIpc) is 2.66. The Labute approximate surface area is 153 Å². The van der Waals surface area contributed by atoms with Crippen molar-refractivity contribution >= 4 is 11.9 Å². The third-order valence-corrected chi connectivity index (χ3v) is 3.69. The first-order chi connectivity index (χ1) is 12.5. The van der Waals surface area contributed by atoms with Crippen molar-refractivity contribution in [3.63, 3.8) is 0 Å². The van der Waals surface area contributed by atoms with Crippen molar-refractivity contribution < 1.29 is 24.5 Å². The van der Waals surface area contributed by atoms with Crippen LogP contribution in [-0.4, -0.2) is 35.8 Å². The van der Waals surface area contributed by atoms with Gasteiger partial charge in [0.1, 0.15) is 5.75 Å². The summed E-state index contributed by atoms with van der Waals surface area (Å²) in [7, 11) is 1.69. The molecule has 0 aliphatic carbocycles. The lowest BCUT2D eigenvalue weighted by Gasteiger charge is -2.07. The van der Waals surface area contributed by atoms with Crippen molar-refractivity contribution in [2.75, 3.05) is 13.7 Å². The van der Waals surface area contributed by atoms with Gasteiger partial charge in [0.15, 0.2) is 0 Å².